The SMILES string of the molecule is COc1ccc2c(O[C@@H]3C[C@H]4C(=O)N[C@]5(C(=O)NS(=O)(=O)C6CC6)CC5/C=C\CCCCC[C@H](CC(=O)N5CCCCC5)C(=O)N4C3)cc(-c3ccccc3)nc2c1. The van der Waals surface area contributed by atoms with Crippen LogP contribution in [0.1, 0.15) is 83.5 Å². The van der Waals surface area contributed by atoms with Gasteiger partial charge in [-0.1, -0.05) is 55.3 Å². The lowest BCUT2D eigenvalue weighted by molar-refractivity contribution is -0.145. The number of ether oxygens (including phenoxy) is 2. The maximum Gasteiger partial charge on any atom is 0.259 e. The van der Waals surface area contributed by atoms with Crippen molar-refractivity contribution < 1.29 is 37.1 Å². The number of rotatable bonds is 9. The van der Waals surface area contributed by atoms with E-state index in [2.05, 4.69) is 10.0 Å². The van der Waals surface area contributed by atoms with Crippen molar-refractivity contribution in [3.05, 3.63) is 66.7 Å². The minimum Gasteiger partial charge on any atom is -0.497 e. The number of hydrogen-bond donors (Lipinski definition) is 2. The molecule has 308 valence electrons. The van der Waals surface area contributed by atoms with Crippen LogP contribution in [-0.4, -0.2) is 96.5 Å². The monoisotopic (exact) mass is 811 g/mol. The molecule has 4 heterocycles. The van der Waals surface area contributed by atoms with Crippen LogP contribution in [0.25, 0.3) is 22.2 Å². The molecule has 3 aliphatic heterocycles. The molecular weight excluding hydrogens is 759 g/mol. The molecule has 0 spiro atoms. The molecule has 3 aromatic rings. The van der Waals surface area contributed by atoms with Crippen LogP contribution in [0, 0.1) is 11.8 Å². The van der Waals surface area contributed by atoms with E-state index in [9.17, 15) is 27.6 Å². The van der Waals surface area contributed by atoms with Gasteiger partial charge < -0.3 is 24.6 Å². The highest BCUT2D eigenvalue weighted by Gasteiger charge is 2.62. The lowest BCUT2D eigenvalue weighted by atomic mass is 9.94. The molecule has 5 aliphatic rings. The van der Waals surface area contributed by atoms with Crippen molar-refractivity contribution in [3.63, 3.8) is 0 Å². The van der Waals surface area contributed by atoms with Gasteiger partial charge in [0.15, 0.2) is 0 Å². The Kier molecular flexibility index (Phi) is 11.5. The van der Waals surface area contributed by atoms with E-state index >= 15 is 0 Å². The van der Waals surface area contributed by atoms with Gasteiger partial charge in [-0.2, -0.15) is 0 Å². The summed E-state index contributed by atoms with van der Waals surface area (Å²) >= 11 is 0. The molecule has 0 radical (unpaired) electrons. The Morgan fingerprint density at radius 1 is 0.966 bits per heavy atom. The van der Waals surface area contributed by atoms with Crippen molar-refractivity contribution in [1.82, 2.24) is 24.8 Å². The lowest BCUT2D eigenvalue weighted by Gasteiger charge is -2.31. The van der Waals surface area contributed by atoms with Crippen LogP contribution >= 0.6 is 0 Å². The fourth-order valence-corrected chi connectivity index (χ4v) is 10.2. The van der Waals surface area contributed by atoms with Gasteiger partial charge in [-0.3, -0.25) is 23.9 Å². The Bertz CT molecular complexity index is 2190. The number of pyridine rings is 1. The summed E-state index contributed by atoms with van der Waals surface area (Å²) in [6, 6.07) is 16.1. The second kappa shape index (κ2) is 16.7. The molecule has 2 aliphatic carbocycles. The van der Waals surface area contributed by atoms with E-state index in [4.69, 9.17) is 14.5 Å². The van der Waals surface area contributed by atoms with Gasteiger partial charge in [0.25, 0.3) is 5.91 Å². The van der Waals surface area contributed by atoms with Gasteiger partial charge in [-0.25, -0.2) is 13.4 Å². The number of allylic oxidation sites excluding steroid dienone is 1. The Morgan fingerprint density at radius 3 is 2.50 bits per heavy atom. The molecule has 13 nitrogen and oxygen atoms in total. The van der Waals surface area contributed by atoms with E-state index in [1.807, 2.05) is 71.6 Å². The van der Waals surface area contributed by atoms with Gasteiger partial charge >= 0.3 is 0 Å². The van der Waals surface area contributed by atoms with Gasteiger partial charge in [0.2, 0.25) is 27.7 Å². The molecule has 58 heavy (non-hydrogen) atoms. The summed E-state index contributed by atoms with van der Waals surface area (Å²) in [6.07, 6.45) is 11.3. The molecule has 1 unspecified atom stereocenters. The number of nitrogens with one attached hydrogen (secondary N) is 2. The van der Waals surface area contributed by atoms with Gasteiger partial charge in [-0.05, 0) is 69.9 Å². The number of fused-ring (bicyclic) bond motifs is 3. The molecule has 14 heteroatoms. The quantitative estimate of drug-likeness (QED) is 0.274. The molecule has 4 fully saturated rings. The molecule has 2 N–H and O–H groups in total. The smallest absolute Gasteiger partial charge is 0.259 e. The zero-order valence-corrected chi connectivity index (χ0v) is 33.9. The molecule has 5 atom stereocenters. The van der Waals surface area contributed by atoms with E-state index < -0.39 is 56.6 Å². The zero-order chi connectivity index (χ0) is 40.4. The van der Waals surface area contributed by atoms with Gasteiger partial charge in [0.1, 0.15) is 29.2 Å². The number of aromatic nitrogens is 1. The molecule has 8 rings (SSSR count). The van der Waals surface area contributed by atoms with E-state index in [1.165, 1.54) is 4.90 Å². The number of likely N-dealkylation sites (tertiary alicyclic amines) is 1. The number of methoxy groups -OCH3 is 1. The summed E-state index contributed by atoms with van der Waals surface area (Å²) in [5, 5.41) is 3.07. The topological polar surface area (TPSA) is 164 Å². The lowest BCUT2D eigenvalue weighted by Crippen LogP contribution is -2.57. The fourth-order valence-electron chi connectivity index (χ4n) is 8.80. The van der Waals surface area contributed by atoms with Crippen molar-refractivity contribution in [1.29, 1.82) is 0 Å². The van der Waals surface area contributed by atoms with Crippen molar-refractivity contribution in [2.24, 2.45) is 11.8 Å². The Labute approximate surface area is 340 Å². The molecule has 2 saturated heterocycles. The van der Waals surface area contributed by atoms with Gasteiger partial charge in [0.05, 0.1) is 30.1 Å². The van der Waals surface area contributed by atoms with Gasteiger partial charge in [-0.15, -0.1) is 0 Å². The highest BCUT2D eigenvalue weighted by Crippen LogP contribution is 2.46. The molecule has 2 aromatic carbocycles. The Balaban J connectivity index is 1.12. The van der Waals surface area contributed by atoms with Crippen molar-refractivity contribution in [3.8, 4) is 22.8 Å². The summed E-state index contributed by atoms with van der Waals surface area (Å²) in [4.78, 5) is 65.3. The zero-order valence-electron chi connectivity index (χ0n) is 33.1. The number of sulfonamides is 1. The normalized spacial score (nSPS) is 27.3. The summed E-state index contributed by atoms with van der Waals surface area (Å²) in [5.74, 6) is -1.54. The first-order chi connectivity index (χ1) is 28.0. The molecule has 0 bridgehead atoms. The summed E-state index contributed by atoms with van der Waals surface area (Å²) < 4.78 is 40.4. The van der Waals surface area contributed by atoms with Crippen molar-refractivity contribution >= 4 is 44.6 Å². The first kappa shape index (κ1) is 39.8. The summed E-state index contributed by atoms with van der Waals surface area (Å²) in [7, 11) is -2.29. The molecular formula is C44H53N5O8S. The standard InChI is InChI=1S/C44H53N5O8S/c1-56-32-17-20-35-37(24-32)45-36(29-13-8-5-9-14-29)26-39(35)57-33-25-38-41(51)46-44(43(53)47-58(54,55)34-18-19-34)27-31(44)16-10-4-2-3-7-15-30(42(52)49(38)28-33)23-40(50)48-21-11-6-12-22-48/h5,8-10,13-14,16-17,20,24,26,30-31,33-34,38H,2-4,6-7,11-12,15,18-19,21-23,25,27-28H2,1H3,(H,46,51)(H,47,53)/b16-10-/t30-,31?,33-,38+,44-/m1/s1. The highest BCUT2D eigenvalue weighted by molar-refractivity contribution is 7.91. The first-order valence-electron chi connectivity index (χ1n) is 20.9. The summed E-state index contributed by atoms with van der Waals surface area (Å²) in [5.41, 5.74) is 0.733. The predicted octanol–water partition coefficient (Wildman–Crippen LogP) is 5.28. The van der Waals surface area contributed by atoms with Crippen LogP contribution in [0.2, 0.25) is 0 Å². The third-order valence-corrected chi connectivity index (χ3v) is 14.2. The third kappa shape index (κ3) is 8.57. The number of piperidine rings is 1. The van der Waals surface area contributed by atoms with E-state index in [0.717, 1.165) is 55.9 Å². The van der Waals surface area contributed by atoms with Crippen molar-refractivity contribution in [2.45, 2.75) is 106 Å². The van der Waals surface area contributed by atoms with E-state index in [-0.39, 0.29) is 37.6 Å². The number of amides is 4. The van der Waals surface area contributed by atoms with Gasteiger partial charge in [0, 0.05) is 60.8 Å². The first-order valence-corrected chi connectivity index (χ1v) is 22.4. The van der Waals surface area contributed by atoms with Crippen LogP contribution in [0.4, 0.5) is 0 Å². The summed E-state index contributed by atoms with van der Waals surface area (Å²) in [6.45, 7) is 1.43. The van der Waals surface area contributed by atoms with Crippen LogP contribution in [0.5, 0.6) is 11.5 Å². The number of nitrogens with zero attached hydrogens (tertiary/aromatic N) is 3. The second-order valence-corrected chi connectivity index (χ2v) is 18.6. The Morgan fingerprint density at radius 2 is 1.74 bits per heavy atom. The maximum absolute atomic E-state index is 14.8. The Hall–Kier alpha value is -4.98. The largest absolute Gasteiger partial charge is 0.497 e. The average molecular weight is 812 g/mol. The molecule has 4 amide bonds. The number of hydrogen-bond acceptors (Lipinski definition) is 9. The second-order valence-electron chi connectivity index (χ2n) is 16.6. The van der Waals surface area contributed by atoms with Crippen LogP contribution in [0.15, 0.2) is 66.7 Å². The average Bonchev–Trinajstić information content (AvgIpc) is 4.16. The molecule has 2 saturated carbocycles. The third-order valence-electron chi connectivity index (χ3n) is 12.4. The van der Waals surface area contributed by atoms with E-state index in [1.54, 1.807) is 7.11 Å². The van der Waals surface area contributed by atoms with Crippen molar-refractivity contribution in [2.75, 3.05) is 26.7 Å². The molecule has 1 aromatic heterocycles. The van der Waals surface area contributed by atoms with E-state index in [0.29, 0.717) is 55.1 Å². The predicted molar refractivity (Wildman–Crippen MR) is 218 cm³/mol. The minimum absolute atomic E-state index is 0.0488. The highest BCUT2D eigenvalue weighted by atomic mass is 32.2. The number of carbonyl (C=O) groups is 4. The minimum atomic E-state index is -3.88. The van der Waals surface area contributed by atoms with Crippen LogP contribution in [0.3, 0.4) is 0 Å². The number of benzene rings is 2. The van der Waals surface area contributed by atoms with Crippen LogP contribution < -0.4 is 19.5 Å². The van der Waals surface area contributed by atoms with Crippen LogP contribution in [-0.2, 0) is 29.2 Å². The number of carbonyl (C=O) groups excluding carboxylic acids is 4. The maximum atomic E-state index is 14.8. The fraction of sp³-hybridized carbons (Fsp3) is 0.523.